The summed E-state index contributed by atoms with van der Waals surface area (Å²) >= 11 is 11.3. The number of anilines is 1. The molecule has 0 unspecified atom stereocenters. The molecule has 2 N–H and O–H groups in total. The van der Waals surface area contributed by atoms with Crippen molar-refractivity contribution in [2.24, 2.45) is 0 Å². The molecule has 0 amide bonds. The maximum atomic E-state index is 6.04. The van der Waals surface area contributed by atoms with Crippen LogP contribution in [0, 0.1) is 0 Å². The number of unbranched alkanes of at least 4 members (excludes halogenated alkanes) is 1. The predicted molar refractivity (Wildman–Crippen MR) is 83.7 cm³/mol. The molecule has 0 bridgehead atoms. The molecule has 0 atom stereocenters. The van der Waals surface area contributed by atoms with Crippen molar-refractivity contribution in [2.45, 2.75) is 19.8 Å². The van der Waals surface area contributed by atoms with Gasteiger partial charge in [0.05, 0.1) is 24.9 Å². The summed E-state index contributed by atoms with van der Waals surface area (Å²) in [6, 6.07) is 3.45. The molecule has 0 aliphatic carbocycles. The zero-order chi connectivity index (χ0) is 14.3. The SMILES string of the molecule is CCCCNC(=S)Nc1cc(OC)c(Cl)cc1OC. The van der Waals surface area contributed by atoms with E-state index in [0.29, 0.717) is 21.6 Å². The van der Waals surface area contributed by atoms with Gasteiger partial charge in [0.15, 0.2) is 5.11 Å². The zero-order valence-corrected chi connectivity index (χ0v) is 13.0. The Kier molecular flexibility index (Phi) is 6.73. The lowest BCUT2D eigenvalue weighted by molar-refractivity contribution is 0.405. The number of nitrogens with one attached hydrogen (secondary N) is 2. The van der Waals surface area contributed by atoms with Gasteiger partial charge in [0.2, 0.25) is 0 Å². The Hall–Kier alpha value is -1.20. The van der Waals surface area contributed by atoms with Crippen molar-refractivity contribution in [3.63, 3.8) is 0 Å². The lowest BCUT2D eigenvalue weighted by Gasteiger charge is -2.15. The number of benzene rings is 1. The molecule has 4 nitrogen and oxygen atoms in total. The second-order valence-corrected chi connectivity index (χ2v) is 4.74. The third-order valence-electron chi connectivity index (χ3n) is 2.54. The number of rotatable bonds is 6. The van der Waals surface area contributed by atoms with Crippen molar-refractivity contribution in [1.29, 1.82) is 0 Å². The molecule has 0 saturated heterocycles. The van der Waals surface area contributed by atoms with Crippen LogP contribution >= 0.6 is 23.8 Å². The maximum absolute atomic E-state index is 6.04. The van der Waals surface area contributed by atoms with E-state index in [1.54, 1.807) is 26.4 Å². The van der Waals surface area contributed by atoms with Crippen LogP contribution < -0.4 is 20.1 Å². The Balaban J connectivity index is 2.78. The van der Waals surface area contributed by atoms with Crippen LogP contribution in [-0.4, -0.2) is 25.9 Å². The highest BCUT2D eigenvalue weighted by Gasteiger charge is 2.10. The van der Waals surface area contributed by atoms with Crippen molar-refractivity contribution < 1.29 is 9.47 Å². The van der Waals surface area contributed by atoms with E-state index in [2.05, 4.69) is 17.6 Å². The number of methoxy groups -OCH3 is 2. The Morgan fingerprint density at radius 3 is 2.53 bits per heavy atom. The molecule has 0 radical (unpaired) electrons. The minimum Gasteiger partial charge on any atom is -0.495 e. The number of hydrogen-bond donors (Lipinski definition) is 2. The zero-order valence-electron chi connectivity index (χ0n) is 11.4. The molecule has 1 aromatic rings. The van der Waals surface area contributed by atoms with E-state index in [1.807, 2.05) is 0 Å². The van der Waals surface area contributed by atoms with Crippen LogP contribution in [0.1, 0.15) is 19.8 Å². The minimum atomic E-state index is 0.495. The van der Waals surface area contributed by atoms with Crippen molar-refractivity contribution >= 4 is 34.6 Å². The summed E-state index contributed by atoms with van der Waals surface area (Å²) in [6.07, 6.45) is 2.19. The summed E-state index contributed by atoms with van der Waals surface area (Å²) in [5.74, 6) is 1.19. The molecular formula is C13H19ClN2O2S. The first kappa shape index (κ1) is 15.9. The molecule has 0 saturated carbocycles. The van der Waals surface area contributed by atoms with Crippen molar-refractivity contribution in [1.82, 2.24) is 5.32 Å². The van der Waals surface area contributed by atoms with Gasteiger partial charge >= 0.3 is 0 Å². The molecular weight excluding hydrogens is 284 g/mol. The predicted octanol–water partition coefficient (Wildman–Crippen LogP) is 3.44. The first-order valence-corrected chi connectivity index (χ1v) is 6.87. The third-order valence-corrected chi connectivity index (χ3v) is 3.08. The van der Waals surface area contributed by atoms with Gasteiger partial charge in [0.25, 0.3) is 0 Å². The summed E-state index contributed by atoms with van der Waals surface area (Å²) in [5.41, 5.74) is 0.720. The van der Waals surface area contributed by atoms with Gasteiger partial charge in [-0.05, 0) is 18.6 Å². The fourth-order valence-electron chi connectivity index (χ4n) is 1.50. The highest BCUT2D eigenvalue weighted by molar-refractivity contribution is 7.80. The monoisotopic (exact) mass is 302 g/mol. The molecule has 106 valence electrons. The summed E-state index contributed by atoms with van der Waals surface area (Å²) in [6.45, 7) is 2.97. The molecule has 6 heteroatoms. The average Bonchev–Trinajstić information content (AvgIpc) is 2.40. The highest BCUT2D eigenvalue weighted by Crippen LogP contribution is 2.35. The molecule has 0 aromatic heterocycles. The van der Waals surface area contributed by atoms with E-state index in [9.17, 15) is 0 Å². The summed E-state index contributed by atoms with van der Waals surface area (Å²) in [7, 11) is 3.15. The highest BCUT2D eigenvalue weighted by atomic mass is 35.5. The number of thiocarbonyl (C=S) groups is 1. The standard InChI is InChI=1S/C13H19ClN2O2S/c1-4-5-6-15-13(19)16-10-8-11(17-2)9(14)7-12(10)18-3/h7-8H,4-6H2,1-3H3,(H2,15,16,19). The van der Waals surface area contributed by atoms with Gasteiger partial charge in [-0.2, -0.15) is 0 Å². The molecule has 0 spiro atoms. The summed E-state index contributed by atoms with van der Waals surface area (Å²) in [5, 5.41) is 7.25. The van der Waals surface area contributed by atoms with Crippen LogP contribution in [-0.2, 0) is 0 Å². The van der Waals surface area contributed by atoms with Crippen molar-refractivity contribution in [3.05, 3.63) is 17.2 Å². The number of ether oxygens (including phenoxy) is 2. The van der Waals surface area contributed by atoms with Gasteiger partial charge in [0.1, 0.15) is 11.5 Å². The average molecular weight is 303 g/mol. The van der Waals surface area contributed by atoms with Crippen LogP contribution in [0.5, 0.6) is 11.5 Å². The van der Waals surface area contributed by atoms with Crippen LogP contribution in [0.25, 0.3) is 0 Å². The summed E-state index contributed by atoms with van der Waals surface area (Å²) in [4.78, 5) is 0. The molecule has 1 aromatic carbocycles. The van der Waals surface area contributed by atoms with E-state index in [1.165, 1.54) is 0 Å². The van der Waals surface area contributed by atoms with Crippen LogP contribution in [0.2, 0.25) is 5.02 Å². The Labute approximate surface area is 124 Å². The Morgan fingerprint density at radius 2 is 1.95 bits per heavy atom. The molecule has 0 aliphatic heterocycles. The fourth-order valence-corrected chi connectivity index (χ4v) is 1.95. The third kappa shape index (κ3) is 4.76. The molecule has 1 rings (SSSR count). The first-order valence-electron chi connectivity index (χ1n) is 6.08. The number of hydrogen-bond acceptors (Lipinski definition) is 3. The van der Waals surface area contributed by atoms with E-state index in [-0.39, 0.29) is 0 Å². The summed E-state index contributed by atoms with van der Waals surface area (Å²) < 4.78 is 10.4. The Morgan fingerprint density at radius 1 is 1.26 bits per heavy atom. The smallest absolute Gasteiger partial charge is 0.170 e. The van der Waals surface area contributed by atoms with Gasteiger partial charge in [-0.25, -0.2) is 0 Å². The van der Waals surface area contributed by atoms with Gasteiger partial charge in [0, 0.05) is 18.7 Å². The van der Waals surface area contributed by atoms with E-state index in [4.69, 9.17) is 33.3 Å². The first-order chi connectivity index (χ1) is 9.12. The normalized spacial score (nSPS) is 9.89. The van der Waals surface area contributed by atoms with Gasteiger partial charge in [-0.1, -0.05) is 24.9 Å². The second kappa shape index (κ2) is 8.07. The molecule has 0 fully saturated rings. The topological polar surface area (TPSA) is 42.5 Å². The van der Waals surface area contributed by atoms with Gasteiger partial charge in [-0.3, -0.25) is 0 Å². The van der Waals surface area contributed by atoms with Crippen LogP contribution in [0.15, 0.2) is 12.1 Å². The Bertz CT molecular complexity index is 441. The van der Waals surface area contributed by atoms with E-state index < -0.39 is 0 Å². The molecule has 0 heterocycles. The fraction of sp³-hybridized carbons (Fsp3) is 0.462. The quantitative estimate of drug-likeness (QED) is 0.622. The minimum absolute atomic E-state index is 0.495. The molecule has 0 aliphatic rings. The van der Waals surface area contributed by atoms with Gasteiger partial charge in [-0.15, -0.1) is 0 Å². The maximum Gasteiger partial charge on any atom is 0.170 e. The van der Waals surface area contributed by atoms with E-state index >= 15 is 0 Å². The largest absolute Gasteiger partial charge is 0.495 e. The number of halogens is 1. The molecule has 19 heavy (non-hydrogen) atoms. The van der Waals surface area contributed by atoms with Crippen molar-refractivity contribution in [3.8, 4) is 11.5 Å². The van der Waals surface area contributed by atoms with E-state index in [0.717, 1.165) is 25.1 Å². The lowest BCUT2D eigenvalue weighted by atomic mass is 10.2. The van der Waals surface area contributed by atoms with Crippen LogP contribution in [0.3, 0.4) is 0 Å². The van der Waals surface area contributed by atoms with Gasteiger partial charge < -0.3 is 20.1 Å². The lowest BCUT2D eigenvalue weighted by Crippen LogP contribution is -2.29. The second-order valence-electron chi connectivity index (χ2n) is 3.92. The van der Waals surface area contributed by atoms with Crippen molar-refractivity contribution in [2.75, 3.05) is 26.1 Å². The van der Waals surface area contributed by atoms with Crippen LogP contribution in [0.4, 0.5) is 5.69 Å².